The van der Waals surface area contributed by atoms with Gasteiger partial charge in [0.05, 0.1) is 9.79 Å². The molecule has 140 valence electrons. The van der Waals surface area contributed by atoms with Crippen LogP contribution in [0.2, 0.25) is 0 Å². The monoisotopic (exact) mass is 442 g/mol. The van der Waals surface area contributed by atoms with Crippen molar-refractivity contribution < 1.29 is 8.39 Å². The number of benzene rings is 4. The minimum Gasteiger partial charge on any atom is -0.407 e. The summed E-state index contributed by atoms with van der Waals surface area (Å²) >= 11 is 9.87. The lowest BCUT2D eigenvalue weighted by Gasteiger charge is -2.10. The first-order chi connectivity index (χ1) is 13.7. The van der Waals surface area contributed by atoms with Crippen LogP contribution in [0.3, 0.4) is 0 Å². The molecule has 28 heavy (non-hydrogen) atoms. The molecule has 0 saturated carbocycles. The average molecular weight is 443 g/mol. The summed E-state index contributed by atoms with van der Waals surface area (Å²) in [5.41, 5.74) is 1.63. The smallest absolute Gasteiger partial charge is 0.327 e. The summed E-state index contributed by atoms with van der Waals surface area (Å²) in [6, 6.07) is 21.2. The summed E-state index contributed by atoms with van der Waals surface area (Å²) in [6.45, 7) is 0. The van der Waals surface area contributed by atoms with Gasteiger partial charge in [-0.15, -0.1) is 23.5 Å². The van der Waals surface area contributed by atoms with Crippen LogP contribution < -0.4 is 0 Å². The number of thioether (sulfide) groups is 2. The van der Waals surface area contributed by atoms with E-state index in [0.717, 1.165) is 42.5 Å². The van der Waals surface area contributed by atoms with E-state index >= 15 is 0 Å². The van der Waals surface area contributed by atoms with Crippen LogP contribution in [0, 0.1) is 0 Å². The second-order valence-electron chi connectivity index (χ2n) is 6.40. The molecule has 5 rings (SSSR count). The lowest BCUT2D eigenvalue weighted by molar-refractivity contribution is 0.648. The van der Waals surface area contributed by atoms with E-state index in [0.29, 0.717) is 0 Å². The molecule has 0 radical (unpaired) electrons. The Kier molecular flexibility index (Phi) is 4.76. The molecule has 0 saturated heterocycles. The maximum Gasteiger partial charge on any atom is 0.327 e. The zero-order valence-corrected chi connectivity index (χ0v) is 18.5. The van der Waals surface area contributed by atoms with Crippen molar-refractivity contribution in [2.45, 2.75) is 9.79 Å². The van der Waals surface area contributed by atoms with Gasteiger partial charge in [-0.2, -0.15) is 0 Å². The first-order valence-electron chi connectivity index (χ1n) is 8.73. The summed E-state index contributed by atoms with van der Waals surface area (Å²) in [4.78, 5) is 2.13. The van der Waals surface area contributed by atoms with Gasteiger partial charge < -0.3 is 8.39 Å². The van der Waals surface area contributed by atoms with Gasteiger partial charge in [-0.1, -0.05) is 48.5 Å². The highest BCUT2D eigenvalue weighted by molar-refractivity contribution is 7.99. The van der Waals surface area contributed by atoms with Gasteiger partial charge in [-0.3, -0.25) is 0 Å². The molecule has 2 nitrogen and oxygen atoms in total. The van der Waals surface area contributed by atoms with Gasteiger partial charge in [0, 0.05) is 22.0 Å². The molecule has 0 bridgehead atoms. The van der Waals surface area contributed by atoms with E-state index in [1.807, 2.05) is 0 Å². The van der Waals surface area contributed by atoms with E-state index in [9.17, 15) is 0 Å². The minimum atomic E-state index is -1.60. The van der Waals surface area contributed by atoms with Crippen molar-refractivity contribution in [3.63, 3.8) is 0 Å². The van der Waals surface area contributed by atoms with E-state index in [1.54, 1.807) is 23.5 Å². The van der Waals surface area contributed by atoms with Crippen LogP contribution in [0.25, 0.3) is 43.5 Å². The highest BCUT2D eigenvalue weighted by Gasteiger charge is 2.17. The third-order valence-electron chi connectivity index (χ3n) is 4.95. The molecule has 0 amide bonds. The van der Waals surface area contributed by atoms with Crippen molar-refractivity contribution in [3.05, 3.63) is 60.7 Å². The average Bonchev–Trinajstić information content (AvgIpc) is 2.88. The molecule has 6 heteroatoms. The Hall–Kier alpha value is -1.71. The highest BCUT2D eigenvalue weighted by atomic mass is 35.7. The number of rotatable bonds is 2. The largest absolute Gasteiger partial charge is 0.407 e. The van der Waals surface area contributed by atoms with Crippen molar-refractivity contribution in [2.75, 3.05) is 12.5 Å². The molecule has 0 aliphatic rings. The molecule has 1 heterocycles. The van der Waals surface area contributed by atoms with Crippen LogP contribution in [-0.4, -0.2) is 12.5 Å². The van der Waals surface area contributed by atoms with E-state index in [-0.39, 0.29) is 0 Å². The quantitative estimate of drug-likeness (QED) is 0.255. The molecule has 0 fully saturated rings. The maximum absolute atomic E-state index is 6.54. The molecule has 5 aromatic rings. The zero-order chi connectivity index (χ0) is 19.3. The zero-order valence-electron chi connectivity index (χ0n) is 15.2. The first kappa shape index (κ1) is 18.3. The summed E-state index contributed by atoms with van der Waals surface area (Å²) < 4.78 is 12.4. The predicted molar refractivity (Wildman–Crippen MR) is 126 cm³/mol. The van der Waals surface area contributed by atoms with Crippen LogP contribution in [0.15, 0.2) is 78.8 Å². The first-order valence-corrected chi connectivity index (χ1v) is 13.3. The molecule has 0 atom stereocenters. The third-order valence-corrected chi connectivity index (χ3v) is 7.50. The van der Waals surface area contributed by atoms with Crippen molar-refractivity contribution >= 4 is 85.6 Å². The number of hydrogen-bond acceptors (Lipinski definition) is 4. The third kappa shape index (κ3) is 2.83. The van der Waals surface area contributed by atoms with Crippen molar-refractivity contribution in [2.24, 2.45) is 0 Å². The normalized spacial score (nSPS) is 11.7. The number of hydrogen-bond donors (Lipinski definition) is 0. The number of fused-ring (bicyclic) bond motifs is 7. The van der Waals surface area contributed by atoms with Crippen LogP contribution in [0.1, 0.15) is 0 Å². The molecule has 0 aliphatic heterocycles. The molecular weight excluding hydrogens is 427 g/mol. The van der Waals surface area contributed by atoms with Gasteiger partial charge in [0.2, 0.25) is 0 Å². The van der Waals surface area contributed by atoms with Crippen LogP contribution >= 0.6 is 42.1 Å². The van der Waals surface area contributed by atoms with Gasteiger partial charge >= 0.3 is 7.37 Å². The Morgan fingerprint density at radius 1 is 0.714 bits per heavy atom. The van der Waals surface area contributed by atoms with Gasteiger partial charge in [-0.25, -0.2) is 0 Å². The Morgan fingerprint density at radius 3 is 1.57 bits per heavy atom. The van der Waals surface area contributed by atoms with Crippen LogP contribution in [0.4, 0.5) is 0 Å². The molecule has 0 spiro atoms. The standard InChI is InChI=1S/C22H16ClO2PS2/c1-27-17-11-13-7-3-5-9-15(13)19-20-16-10-6-4-8-14(16)12-18(28-2)22(20)25-26(23)24-21(17)19/h3-12H,1-2H3. The summed E-state index contributed by atoms with van der Waals surface area (Å²) in [7, 11) is -1.60. The molecule has 0 aliphatic carbocycles. The lowest BCUT2D eigenvalue weighted by atomic mass is 9.98. The second kappa shape index (κ2) is 7.27. The molecule has 1 aromatic heterocycles. The van der Waals surface area contributed by atoms with E-state index in [2.05, 4.69) is 73.2 Å². The fraction of sp³-hybridized carbons (Fsp3) is 0.0909. The Morgan fingerprint density at radius 2 is 1.14 bits per heavy atom. The van der Waals surface area contributed by atoms with E-state index < -0.39 is 7.37 Å². The Balaban J connectivity index is 2.25. The topological polar surface area (TPSA) is 26.3 Å². The molecular formula is C22H16ClO2PS2. The summed E-state index contributed by atoms with van der Waals surface area (Å²) in [5.74, 6) is 0. The van der Waals surface area contributed by atoms with Crippen LogP contribution in [0.5, 0.6) is 0 Å². The van der Waals surface area contributed by atoms with E-state index in [4.69, 9.17) is 19.6 Å². The van der Waals surface area contributed by atoms with Gasteiger partial charge in [0.1, 0.15) is 0 Å². The van der Waals surface area contributed by atoms with Gasteiger partial charge in [0.25, 0.3) is 0 Å². The predicted octanol–water partition coefficient (Wildman–Crippen LogP) is 9.04. The van der Waals surface area contributed by atoms with E-state index in [1.165, 1.54) is 10.8 Å². The van der Waals surface area contributed by atoms with Gasteiger partial charge in [-0.05, 0) is 46.2 Å². The second-order valence-corrected chi connectivity index (χ2v) is 9.72. The summed E-state index contributed by atoms with van der Waals surface area (Å²) in [6.07, 6.45) is 4.13. The molecule has 0 unspecified atom stereocenters. The lowest BCUT2D eigenvalue weighted by Crippen LogP contribution is -1.84. The number of halogens is 1. The Labute approximate surface area is 176 Å². The fourth-order valence-corrected chi connectivity index (χ4v) is 6.14. The van der Waals surface area contributed by atoms with Crippen molar-refractivity contribution in [1.29, 1.82) is 0 Å². The van der Waals surface area contributed by atoms with Crippen molar-refractivity contribution in [1.82, 2.24) is 0 Å². The fourth-order valence-electron chi connectivity index (χ4n) is 3.75. The minimum absolute atomic E-state index is 0.814. The van der Waals surface area contributed by atoms with Crippen molar-refractivity contribution in [3.8, 4) is 0 Å². The highest BCUT2D eigenvalue weighted by Crippen LogP contribution is 2.47. The molecule has 4 aromatic carbocycles. The Bertz CT molecular complexity index is 1310. The van der Waals surface area contributed by atoms with Crippen LogP contribution in [-0.2, 0) is 0 Å². The maximum atomic E-state index is 6.54. The van der Waals surface area contributed by atoms with Gasteiger partial charge in [0.15, 0.2) is 11.2 Å². The molecule has 0 N–H and O–H groups in total. The summed E-state index contributed by atoms with van der Waals surface area (Å²) in [5, 5.41) is 6.78. The SMILES string of the molecule is CSc1cc2ccccc2c2c1op(Cl)oc1c(SC)cc3ccccc3c12.